The van der Waals surface area contributed by atoms with Crippen LogP contribution in [-0.4, -0.2) is 39.3 Å². The zero-order chi connectivity index (χ0) is 17.2. The second-order valence-corrected chi connectivity index (χ2v) is 7.92. The highest BCUT2D eigenvalue weighted by Gasteiger charge is 2.26. The van der Waals surface area contributed by atoms with E-state index in [0.29, 0.717) is 10.9 Å². The second kappa shape index (κ2) is 6.92. The van der Waals surface area contributed by atoms with Crippen LogP contribution in [0, 0.1) is 6.92 Å². The number of hydrogen-bond acceptors (Lipinski definition) is 3. The molecule has 4 nitrogen and oxygen atoms in total. The van der Waals surface area contributed by atoms with Gasteiger partial charge in [-0.3, -0.25) is 9.89 Å². The number of aromatic amines is 1. The molecule has 0 radical (unpaired) electrons. The predicted molar refractivity (Wildman–Crippen MR) is 102 cm³/mol. The van der Waals surface area contributed by atoms with Crippen LogP contribution in [0.15, 0.2) is 53.4 Å². The van der Waals surface area contributed by atoms with Crippen LogP contribution in [0.3, 0.4) is 0 Å². The molecule has 1 aromatic heterocycles. The normalized spacial score (nSPS) is 15.6. The van der Waals surface area contributed by atoms with E-state index in [9.17, 15) is 4.79 Å². The van der Waals surface area contributed by atoms with Gasteiger partial charge in [0.1, 0.15) is 0 Å². The minimum Gasteiger partial charge on any atom is -0.337 e. The van der Waals surface area contributed by atoms with Crippen LogP contribution >= 0.6 is 11.8 Å². The molecule has 1 fully saturated rings. The summed E-state index contributed by atoms with van der Waals surface area (Å²) in [6.07, 6.45) is 2.04. The van der Waals surface area contributed by atoms with Crippen LogP contribution in [0.5, 0.6) is 0 Å². The SMILES string of the molecule is Cc1cccc(SC2CCN(C(=O)c3n[nH]c4ccccc34)CC2)c1. The number of carbonyl (C=O) groups excluding carboxylic acids is 1. The molecule has 128 valence electrons. The van der Waals surface area contributed by atoms with Gasteiger partial charge in [-0.1, -0.05) is 35.9 Å². The molecule has 4 rings (SSSR count). The monoisotopic (exact) mass is 351 g/mol. The van der Waals surface area contributed by atoms with Gasteiger partial charge in [-0.25, -0.2) is 0 Å². The molecule has 0 aliphatic carbocycles. The number of thioether (sulfide) groups is 1. The number of fused-ring (bicyclic) bond motifs is 1. The Labute approximate surface area is 151 Å². The van der Waals surface area contributed by atoms with Gasteiger partial charge in [0.25, 0.3) is 5.91 Å². The standard InChI is InChI=1S/C20H21N3OS/c1-14-5-4-6-16(13-14)25-15-9-11-23(12-10-15)20(24)19-17-7-2-3-8-18(17)21-22-19/h2-8,13,15H,9-12H2,1H3,(H,21,22). The first kappa shape index (κ1) is 16.2. The summed E-state index contributed by atoms with van der Waals surface area (Å²) in [4.78, 5) is 16.1. The molecule has 0 atom stereocenters. The molecule has 1 aliphatic heterocycles. The van der Waals surface area contributed by atoms with Gasteiger partial charge in [-0.2, -0.15) is 5.10 Å². The van der Waals surface area contributed by atoms with Crippen molar-refractivity contribution in [2.24, 2.45) is 0 Å². The van der Waals surface area contributed by atoms with Gasteiger partial charge in [0.2, 0.25) is 0 Å². The van der Waals surface area contributed by atoms with E-state index < -0.39 is 0 Å². The maximum atomic E-state index is 12.8. The van der Waals surface area contributed by atoms with Gasteiger partial charge >= 0.3 is 0 Å². The first-order valence-corrected chi connectivity index (χ1v) is 9.54. The van der Waals surface area contributed by atoms with E-state index in [0.717, 1.165) is 36.8 Å². The van der Waals surface area contributed by atoms with Crippen molar-refractivity contribution in [3.63, 3.8) is 0 Å². The lowest BCUT2D eigenvalue weighted by Crippen LogP contribution is -2.39. The molecule has 3 aromatic rings. The van der Waals surface area contributed by atoms with Crippen LogP contribution < -0.4 is 0 Å². The smallest absolute Gasteiger partial charge is 0.274 e. The topological polar surface area (TPSA) is 49.0 Å². The molecule has 1 saturated heterocycles. The van der Waals surface area contributed by atoms with E-state index in [4.69, 9.17) is 0 Å². The Bertz CT molecular complexity index is 897. The minimum absolute atomic E-state index is 0.0384. The van der Waals surface area contributed by atoms with E-state index in [-0.39, 0.29) is 5.91 Å². The van der Waals surface area contributed by atoms with Gasteiger partial charge in [0.15, 0.2) is 5.69 Å². The Morgan fingerprint density at radius 1 is 1.16 bits per heavy atom. The van der Waals surface area contributed by atoms with Gasteiger partial charge < -0.3 is 4.90 Å². The summed E-state index contributed by atoms with van der Waals surface area (Å²) < 4.78 is 0. The third-order valence-corrected chi connectivity index (χ3v) is 6.03. The highest BCUT2D eigenvalue weighted by molar-refractivity contribution is 8.00. The average molecular weight is 351 g/mol. The van der Waals surface area contributed by atoms with Crippen molar-refractivity contribution in [3.05, 3.63) is 59.8 Å². The van der Waals surface area contributed by atoms with E-state index in [2.05, 4.69) is 41.4 Å². The zero-order valence-corrected chi connectivity index (χ0v) is 15.1. The molecular weight excluding hydrogens is 330 g/mol. The van der Waals surface area contributed by atoms with Crippen molar-refractivity contribution in [1.82, 2.24) is 15.1 Å². The van der Waals surface area contributed by atoms with E-state index >= 15 is 0 Å². The molecule has 5 heteroatoms. The van der Waals surface area contributed by atoms with Crippen LogP contribution in [-0.2, 0) is 0 Å². The number of carbonyl (C=O) groups is 1. The highest BCUT2D eigenvalue weighted by atomic mass is 32.2. The predicted octanol–water partition coefficient (Wildman–Crippen LogP) is 4.27. The number of nitrogens with zero attached hydrogens (tertiary/aromatic N) is 2. The van der Waals surface area contributed by atoms with Crippen molar-refractivity contribution in [2.75, 3.05) is 13.1 Å². The van der Waals surface area contributed by atoms with Crippen LogP contribution in [0.1, 0.15) is 28.9 Å². The van der Waals surface area contributed by atoms with Crippen LogP contribution in [0.4, 0.5) is 0 Å². The summed E-state index contributed by atoms with van der Waals surface area (Å²) in [5, 5.41) is 8.68. The number of para-hydroxylation sites is 1. The summed E-state index contributed by atoms with van der Waals surface area (Å²) in [5.74, 6) is 0.0384. The van der Waals surface area contributed by atoms with Crippen molar-refractivity contribution in [2.45, 2.75) is 29.9 Å². The minimum atomic E-state index is 0.0384. The third kappa shape index (κ3) is 3.42. The summed E-state index contributed by atoms with van der Waals surface area (Å²) >= 11 is 1.93. The number of rotatable bonds is 3. The number of amides is 1. The van der Waals surface area contributed by atoms with E-state index in [1.54, 1.807) is 0 Å². The zero-order valence-electron chi connectivity index (χ0n) is 14.2. The lowest BCUT2D eigenvalue weighted by atomic mass is 10.1. The molecular formula is C20H21N3OS. The highest BCUT2D eigenvalue weighted by Crippen LogP contribution is 2.31. The van der Waals surface area contributed by atoms with Gasteiger partial charge in [0, 0.05) is 28.6 Å². The number of likely N-dealkylation sites (tertiary alicyclic amines) is 1. The Kier molecular flexibility index (Phi) is 4.49. The lowest BCUT2D eigenvalue weighted by molar-refractivity contribution is 0.0723. The van der Waals surface area contributed by atoms with Crippen LogP contribution in [0.25, 0.3) is 10.9 Å². The summed E-state index contributed by atoms with van der Waals surface area (Å²) in [6.45, 7) is 3.71. The van der Waals surface area contributed by atoms with Crippen molar-refractivity contribution < 1.29 is 4.79 Å². The number of hydrogen-bond donors (Lipinski definition) is 1. The molecule has 0 spiro atoms. The molecule has 0 saturated carbocycles. The van der Waals surface area contributed by atoms with Gasteiger partial charge in [-0.15, -0.1) is 11.8 Å². The first-order valence-electron chi connectivity index (χ1n) is 8.66. The quantitative estimate of drug-likeness (QED) is 0.767. The number of benzene rings is 2. The number of nitrogens with one attached hydrogen (secondary N) is 1. The Balaban J connectivity index is 1.40. The number of H-pyrrole nitrogens is 1. The first-order chi connectivity index (χ1) is 12.2. The maximum Gasteiger partial charge on any atom is 0.274 e. The van der Waals surface area contributed by atoms with E-state index in [1.807, 2.05) is 40.9 Å². The molecule has 2 heterocycles. The molecule has 1 aliphatic rings. The number of aryl methyl sites for hydroxylation is 1. The fraction of sp³-hybridized carbons (Fsp3) is 0.300. The summed E-state index contributed by atoms with van der Waals surface area (Å²) in [7, 11) is 0. The molecule has 25 heavy (non-hydrogen) atoms. The molecule has 0 unspecified atom stereocenters. The fourth-order valence-electron chi connectivity index (χ4n) is 3.33. The van der Waals surface area contributed by atoms with E-state index in [1.165, 1.54) is 10.5 Å². The largest absolute Gasteiger partial charge is 0.337 e. The number of aromatic nitrogens is 2. The molecule has 0 bridgehead atoms. The Morgan fingerprint density at radius 3 is 2.76 bits per heavy atom. The van der Waals surface area contributed by atoms with Crippen molar-refractivity contribution in [1.29, 1.82) is 0 Å². The summed E-state index contributed by atoms with van der Waals surface area (Å²) in [6, 6.07) is 16.4. The second-order valence-electron chi connectivity index (χ2n) is 6.54. The Morgan fingerprint density at radius 2 is 1.96 bits per heavy atom. The maximum absolute atomic E-state index is 12.8. The molecule has 1 amide bonds. The van der Waals surface area contributed by atoms with Crippen LogP contribution in [0.2, 0.25) is 0 Å². The van der Waals surface area contributed by atoms with Crippen molar-refractivity contribution >= 4 is 28.6 Å². The summed E-state index contributed by atoms with van der Waals surface area (Å²) in [5.41, 5.74) is 2.75. The molecule has 1 N–H and O–H groups in total. The Hall–Kier alpha value is -2.27. The molecule has 2 aromatic carbocycles. The third-order valence-electron chi connectivity index (χ3n) is 4.69. The fourth-order valence-corrected chi connectivity index (χ4v) is 4.58. The lowest BCUT2D eigenvalue weighted by Gasteiger charge is -2.31. The number of piperidine rings is 1. The average Bonchev–Trinajstić information content (AvgIpc) is 3.06. The van der Waals surface area contributed by atoms with Gasteiger partial charge in [0.05, 0.1) is 5.52 Å². The van der Waals surface area contributed by atoms with Crippen molar-refractivity contribution in [3.8, 4) is 0 Å². The van der Waals surface area contributed by atoms with Gasteiger partial charge in [-0.05, 0) is 38.0 Å².